The van der Waals surface area contributed by atoms with Crippen molar-refractivity contribution in [2.24, 2.45) is 40.5 Å². The van der Waals surface area contributed by atoms with E-state index in [1.807, 2.05) is 6.07 Å². The number of phosphoric acid groups is 1. The summed E-state index contributed by atoms with van der Waals surface area (Å²) in [6.45, 7) is 3.69. The van der Waals surface area contributed by atoms with E-state index in [0.717, 1.165) is 51.4 Å². The SMILES string of the molecule is C=Nc1ccc(C2(OC)OOC23C2CC4CC3CC(OCOC35CC6CC(C3)C3(OOC3(OC)c3ccc(C#N)c(OP(=O)(O)O)c3)C(C6)C5)(C4)C2)cc1O[PH](=O)O. The summed E-state index contributed by atoms with van der Waals surface area (Å²) in [7, 11) is -5.18. The van der Waals surface area contributed by atoms with Crippen LogP contribution in [-0.4, -0.2) is 64.8 Å². The minimum atomic E-state index is -4.97. The summed E-state index contributed by atoms with van der Waals surface area (Å²) in [6.07, 6.45) is 8.23. The first-order valence-electron chi connectivity index (χ1n) is 19.6. The lowest BCUT2D eigenvalue weighted by Gasteiger charge is -2.71. The number of rotatable bonds is 13. The first kappa shape index (κ1) is 39.4. The molecule has 0 aromatic heterocycles. The number of methoxy groups -OCH3 is 2. The van der Waals surface area contributed by atoms with E-state index in [-0.39, 0.29) is 47.5 Å². The molecular formula is C39H46N2O15P2. The molecule has 0 amide bonds. The first-order valence-corrected chi connectivity index (χ1v) is 22.4. The molecule has 8 saturated carbocycles. The van der Waals surface area contributed by atoms with Crippen molar-refractivity contribution in [1.82, 2.24) is 0 Å². The lowest BCUT2D eigenvalue weighted by atomic mass is 9.45. The Kier molecular flexibility index (Phi) is 9.07. The minimum absolute atomic E-state index is 0.0209. The van der Waals surface area contributed by atoms with E-state index in [1.165, 1.54) is 19.2 Å². The molecule has 2 heterocycles. The van der Waals surface area contributed by atoms with E-state index >= 15 is 0 Å². The van der Waals surface area contributed by atoms with Gasteiger partial charge in [0.2, 0.25) is 0 Å². The van der Waals surface area contributed by atoms with Gasteiger partial charge in [0.05, 0.1) is 16.8 Å². The third-order valence-corrected chi connectivity index (χ3v) is 15.9. The Balaban J connectivity index is 0.864. The van der Waals surface area contributed by atoms with E-state index in [2.05, 4.69) is 11.7 Å². The molecule has 2 saturated heterocycles. The van der Waals surface area contributed by atoms with E-state index < -0.39 is 50.1 Å². The maximum atomic E-state index is 11.8. The Morgan fingerprint density at radius 1 is 0.810 bits per heavy atom. The van der Waals surface area contributed by atoms with Gasteiger partial charge < -0.3 is 32.9 Å². The molecule has 0 radical (unpaired) electrons. The Bertz CT molecular complexity index is 2120. The number of benzene rings is 2. The highest BCUT2D eigenvalue weighted by molar-refractivity contribution is 7.46. The van der Waals surface area contributed by atoms with Crippen LogP contribution in [0.2, 0.25) is 0 Å². The van der Waals surface area contributed by atoms with Crippen LogP contribution in [0.1, 0.15) is 80.9 Å². The molecule has 2 aromatic rings. The van der Waals surface area contributed by atoms with Gasteiger partial charge in [0.15, 0.2) is 17.0 Å². The number of hydrogen-bond acceptors (Lipinski definition) is 14. The molecule has 3 N–H and O–H groups in total. The molecule has 2 aromatic carbocycles. The van der Waals surface area contributed by atoms with Crippen molar-refractivity contribution in [3.8, 4) is 17.6 Å². The summed E-state index contributed by atoms with van der Waals surface area (Å²) >= 11 is 0. The molecule has 12 rings (SSSR count). The van der Waals surface area contributed by atoms with Crippen molar-refractivity contribution in [3.63, 3.8) is 0 Å². The Labute approximate surface area is 334 Å². The van der Waals surface area contributed by atoms with Crippen molar-refractivity contribution in [1.29, 1.82) is 5.26 Å². The molecular weight excluding hydrogens is 798 g/mol. The summed E-state index contributed by atoms with van der Waals surface area (Å²) in [6, 6.07) is 11.5. The largest absolute Gasteiger partial charge is 0.524 e. The van der Waals surface area contributed by atoms with Gasteiger partial charge in [-0.3, -0.25) is 14.8 Å². The predicted molar refractivity (Wildman–Crippen MR) is 198 cm³/mol. The lowest BCUT2D eigenvalue weighted by molar-refractivity contribution is -0.648. The van der Waals surface area contributed by atoms with Crippen LogP contribution in [0.25, 0.3) is 0 Å². The van der Waals surface area contributed by atoms with Crippen LogP contribution in [0.15, 0.2) is 41.4 Å². The van der Waals surface area contributed by atoms with E-state index in [9.17, 15) is 29.1 Å². The molecule has 2 spiro atoms. The van der Waals surface area contributed by atoms with Crippen LogP contribution < -0.4 is 9.05 Å². The van der Waals surface area contributed by atoms with Gasteiger partial charge in [-0.2, -0.15) is 15.0 Å². The van der Waals surface area contributed by atoms with Gasteiger partial charge in [-0.15, -0.1) is 0 Å². The second kappa shape index (κ2) is 13.4. The minimum Gasteiger partial charge on any atom is -0.424 e. The third kappa shape index (κ3) is 5.38. The summed E-state index contributed by atoms with van der Waals surface area (Å²) in [5.74, 6) is -1.96. The van der Waals surface area contributed by atoms with E-state index in [1.54, 1.807) is 31.4 Å². The highest BCUT2D eigenvalue weighted by Gasteiger charge is 2.80. The van der Waals surface area contributed by atoms with Crippen molar-refractivity contribution >= 4 is 28.5 Å². The second-order valence-electron chi connectivity index (χ2n) is 17.6. The fraction of sp³-hybridized carbons (Fsp3) is 0.641. The highest BCUT2D eigenvalue weighted by atomic mass is 31.2. The van der Waals surface area contributed by atoms with Crippen molar-refractivity contribution < 1.29 is 71.4 Å². The van der Waals surface area contributed by atoms with Gasteiger partial charge in [-0.1, -0.05) is 12.1 Å². The molecule has 312 valence electrons. The number of hydrogen-bond donors (Lipinski definition) is 3. The van der Waals surface area contributed by atoms with Gasteiger partial charge in [0.1, 0.15) is 24.3 Å². The number of nitriles is 1. The standard InChI is InChI=1S/C39H46N2O15P2/c1-41-31-7-6-26(13-33(31)51-57(42)43)39(48-3)37(54-56-39)29-10-23-11-30(37)19-35(15-23,18-29)50-21-49-34-14-22-8-27(16-34)36(28(9-22)17-34)38(47-2,55-53-36)25-5-4-24(20-40)32(12-25)52-58(44,45)46/h4-7,12-13,22-23,27-30,57H,1,8-11,14-19,21H2,2-3H3,(H,42,43)(H2,44,45,46). The average molecular weight is 845 g/mol. The summed E-state index contributed by atoms with van der Waals surface area (Å²) < 4.78 is 59.8. The van der Waals surface area contributed by atoms with Crippen LogP contribution in [0, 0.1) is 46.8 Å². The number of aliphatic imine (C=N–C) groups is 1. The Hall–Kier alpha value is -2.78. The van der Waals surface area contributed by atoms with Crippen LogP contribution in [-0.2, 0) is 59.2 Å². The second-order valence-corrected chi connectivity index (χ2v) is 19.5. The highest BCUT2D eigenvalue weighted by Crippen LogP contribution is 2.73. The van der Waals surface area contributed by atoms with Crippen LogP contribution in [0.5, 0.6) is 11.5 Å². The fourth-order valence-electron chi connectivity index (χ4n) is 13.4. The maximum Gasteiger partial charge on any atom is 0.524 e. The average Bonchev–Trinajstić information content (AvgIpc) is 3.13. The summed E-state index contributed by atoms with van der Waals surface area (Å²) in [4.78, 5) is 56.8. The van der Waals surface area contributed by atoms with Crippen LogP contribution in [0.3, 0.4) is 0 Å². The molecule has 7 atom stereocenters. The van der Waals surface area contributed by atoms with Crippen molar-refractivity contribution in [3.05, 3.63) is 53.1 Å². The zero-order valence-electron chi connectivity index (χ0n) is 32.0. The molecule has 8 aliphatic carbocycles. The molecule has 17 nitrogen and oxygen atoms in total. The molecule has 10 fully saturated rings. The normalized spacial score (nSPS) is 43.2. The molecule has 2 aliphatic heterocycles. The van der Waals surface area contributed by atoms with Crippen molar-refractivity contribution in [2.75, 3.05) is 21.0 Å². The molecule has 8 bridgehead atoms. The molecule has 19 heteroatoms. The number of phosphoric ester groups is 1. The number of ether oxygens (including phenoxy) is 4. The van der Waals surface area contributed by atoms with Gasteiger partial charge in [0.25, 0.3) is 11.6 Å². The molecule has 7 unspecified atom stereocenters. The lowest BCUT2D eigenvalue weighted by Crippen LogP contribution is -2.79. The topological polar surface area (TPSA) is 223 Å². The number of nitrogens with zero attached hydrogens (tertiary/aromatic N) is 2. The van der Waals surface area contributed by atoms with Gasteiger partial charge in [0, 0.05) is 49.0 Å². The fourth-order valence-corrected chi connectivity index (χ4v) is 14.2. The van der Waals surface area contributed by atoms with Gasteiger partial charge in [-0.05, 0) is 107 Å². The third-order valence-electron chi connectivity index (χ3n) is 15.0. The van der Waals surface area contributed by atoms with Crippen molar-refractivity contribution in [2.45, 2.75) is 98.2 Å². The zero-order valence-corrected chi connectivity index (χ0v) is 33.9. The smallest absolute Gasteiger partial charge is 0.424 e. The first-order chi connectivity index (χ1) is 27.7. The summed E-state index contributed by atoms with van der Waals surface area (Å²) in [5.41, 5.74) is -1.22. The van der Waals surface area contributed by atoms with E-state index in [4.69, 9.17) is 47.5 Å². The molecule has 10 aliphatic rings. The van der Waals surface area contributed by atoms with Gasteiger partial charge >= 0.3 is 16.1 Å². The maximum absolute atomic E-state index is 11.8. The van der Waals surface area contributed by atoms with Crippen LogP contribution in [0.4, 0.5) is 5.69 Å². The van der Waals surface area contributed by atoms with E-state index in [0.29, 0.717) is 41.5 Å². The Morgan fingerprint density at radius 2 is 1.29 bits per heavy atom. The predicted octanol–water partition coefficient (Wildman–Crippen LogP) is 5.97. The zero-order chi connectivity index (χ0) is 40.5. The van der Waals surface area contributed by atoms with Crippen LogP contribution >= 0.6 is 16.1 Å². The monoisotopic (exact) mass is 844 g/mol. The Morgan fingerprint density at radius 3 is 1.69 bits per heavy atom. The molecule has 58 heavy (non-hydrogen) atoms. The quantitative estimate of drug-likeness (QED) is 0.0914. The summed E-state index contributed by atoms with van der Waals surface area (Å²) in [5, 5.41) is 9.61. The van der Waals surface area contributed by atoms with Gasteiger partial charge in [-0.25, -0.2) is 18.9 Å².